The maximum Gasteiger partial charge on any atom is 0.224 e. The molecule has 2 aromatic carbocycles. The topological polar surface area (TPSA) is 90.6 Å². The summed E-state index contributed by atoms with van der Waals surface area (Å²) in [6.07, 6.45) is 4.61. The molecule has 7 heteroatoms. The Labute approximate surface area is 179 Å². The number of benzene rings is 2. The van der Waals surface area contributed by atoms with E-state index in [1.54, 1.807) is 13.3 Å². The van der Waals surface area contributed by atoms with Gasteiger partial charge >= 0.3 is 0 Å². The number of nitrogens with zero attached hydrogens (tertiary/aromatic N) is 2. The number of H-pyrrole nitrogens is 2. The first-order valence-corrected chi connectivity index (χ1v) is 10.3. The second kappa shape index (κ2) is 8.02. The number of anilines is 3. The summed E-state index contributed by atoms with van der Waals surface area (Å²) in [5, 5.41) is 8.98. The molecule has 0 atom stereocenters. The fourth-order valence-electron chi connectivity index (χ4n) is 3.91. The number of hydrogen-bond donors (Lipinski definition) is 4. The fourth-order valence-corrected chi connectivity index (χ4v) is 3.91. The van der Waals surface area contributed by atoms with Crippen LogP contribution in [0.3, 0.4) is 0 Å². The molecule has 0 unspecified atom stereocenters. The summed E-state index contributed by atoms with van der Waals surface area (Å²) >= 11 is 0. The van der Waals surface area contributed by atoms with Gasteiger partial charge in [0.15, 0.2) is 0 Å². The number of aromatic amines is 2. The molecule has 0 saturated carbocycles. The minimum Gasteiger partial charge on any atom is -0.496 e. The first kappa shape index (κ1) is 19.0. The van der Waals surface area contributed by atoms with E-state index in [9.17, 15) is 0 Å². The predicted octanol–water partition coefficient (Wildman–Crippen LogP) is 5.15. The van der Waals surface area contributed by atoms with Gasteiger partial charge in [-0.05, 0) is 61.4 Å². The molecule has 0 fully saturated rings. The average molecular weight is 412 g/mol. The van der Waals surface area contributed by atoms with E-state index in [2.05, 4.69) is 61.8 Å². The highest BCUT2D eigenvalue weighted by Crippen LogP contribution is 2.29. The standard InChI is InChI=1S/C24H24N6O/c1-15-12-17-13-18(6-7-19(17)28-15)29-22-9-11-26-24(30-22)25-10-8-16-14-27-20-4-3-5-21(31-2)23(16)20/h3-7,9,11-14,27-28H,8,10H2,1-2H3,(H2,25,26,29,30). The lowest BCUT2D eigenvalue weighted by Crippen LogP contribution is -2.08. The third-order valence-corrected chi connectivity index (χ3v) is 5.33. The van der Waals surface area contributed by atoms with Gasteiger partial charge in [0, 0.05) is 52.1 Å². The minimum absolute atomic E-state index is 0.593. The third-order valence-electron chi connectivity index (χ3n) is 5.33. The normalized spacial score (nSPS) is 11.2. The van der Waals surface area contributed by atoms with E-state index in [1.807, 2.05) is 30.5 Å². The van der Waals surface area contributed by atoms with Crippen molar-refractivity contribution in [2.75, 3.05) is 24.3 Å². The molecule has 156 valence electrons. The van der Waals surface area contributed by atoms with E-state index in [4.69, 9.17) is 4.74 Å². The Morgan fingerprint density at radius 3 is 2.90 bits per heavy atom. The Morgan fingerprint density at radius 1 is 1.06 bits per heavy atom. The Hall–Kier alpha value is -4.00. The van der Waals surface area contributed by atoms with Crippen LogP contribution in [0, 0.1) is 6.92 Å². The monoisotopic (exact) mass is 412 g/mol. The van der Waals surface area contributed by atoms with E-state index in [0.29, 0.717) is 12.5 Å². The number of hydrogen-bond acceptors (Lipinski definition) is 5. The lowest BCUT2D eigenvalue weighted by Gasteiger charge is -2.09. The molecule has 4 N–H and O–H groups in total. The number of aromatic nitrogens is 4. The molecule has 5 aromatic rings. The Bertz CT molecular complexity index is 1350. The number of methoxy groups -OCH3 is 1. The summed E-state index contributed by atoms with van der Waals surface area (Å²) in [6, 6.07) is 16.2. The van der Waals surface area contributed by atoms with Crippen LogP contribution in [0.2, 0.25) is 0 Å². The number of rotatable bonds is 7. The molecule has 31 heavy (non-hydrogen) atoms. The van der Waals surface area contributed by atoms with Gasteiger partial charge in [-0.2, -0.15) is 4.98 Å². The molecule has 0 radical (unpaired) electrons. The highest BCUT2D eigenvalue weighted by molar-refractivity contribution is 5.89. The van der Waals surface area contributed by atoms with Gasteiger partial charge in [0.1, 0.15) is 11.6 Å². The van der Waals surface area contributed by atoms with Crippen LogP contribution in [0.5, 0.6) is 5.75 Å². The average Bonchev–Trinajstić information content (AvgIpc) is 3.36. The summed E-state index contributed by atoms with van der Waals surface area (Å²) in [6.45, 7) is 2.77. The first-order chi connectivity index (χ1) is 15.2. The van der Waals surface area contributed by atoms with Crippen LogP contribution in [-0.2, 0) is 6.42 Å². The fraction of sp³-hybridized carbons (Fsp3) is 0.167. The van der Waals surface area contributed by atoms with E-state index < -0.39 is 0 Å². The van der Waals surface area contributed by atoms with Crippen LogP contribution in [0.1, 0.15) is 11.3 Å². The maximum absolute atomic E-state index is 5.52. The maximum atomic E-state index is 5.52. The molecule has 5 rings (SSSR count). The van der Waals surface area contributed by atoms with Gasteiger partial charge in [0.25, 0.3) is 0 Å². The Kier molecular flexibility index (Phi) is 4.92. The van der Waals surface area contributed by atoms with Crippen LogP contribution >= 0.6 is 0 Å². The second-order valence-corrected chi connectivity index (χ2v) is 7.52. The van der Waals surface area contributed by atoms with Crippen molar-refractivity contribution in [3.05, 3.63) is 72.2 Å². The molecule has 0 spiro atoms. The lowest BCUT2D eigenvalue weighted by molar-refractivity contribution is 0.419. The van der Waals surface area contributed by atoms with E-state index >= 15 is 0 Å². The first-order valence-electron chi connectivity index (χ1n) is 10.3. The number of aryl methyl sites for hydroxylation is 1. The highest BCUT2D eigenvalue weighted by atomic mass is 16.5. The summed E-state index contributed by atoms with van der Waals surface area (Å²) in [5.74, 6) is 2.22. The van der Waals surface area contributed by atoms with Crippen LogP contribution in [0.25, 0.3) is 21.8 Å². The number of ether oxygens (including phenoxy) is 1. The van der Waals surface area contributed by atoms with Gasteiger partial charge in [-0.15, -0.1) is 0 Å². The quantitative estimate of drug-likeness (QED) is 0.297. The van der Waals surface area contributed by atoms with Gasteiger partial charge in [-0.1, -0.05) is 6.07 Å². The molecular weight excluding hydrogens is 388 g/mol. The van der Waals surface area contributed by atoms with Gasteiger partial charge in [0.2, 0.25) is 5.95 Å². The summed E-state index contributed by atoms with van der Waals surface area (Å²) in [5.41, 5.74) is 5.54. The summed E-state index contributed by atoms with van der Waals surface area (Å²) in [4.78, 5) is 15.6. The molecule has 0 saturated heterocycles. The van der Waals surface area contributed by atoms with E-state index in [0.717, 1.165) is 45.8 Å². The smallest absolute Gasteiger partial charge is 0.224 e. The van der Waals surface area contributed by atoms with Gasteiger partial charge in [-0.25, -0.2) is 4.98 Å². The zero-order valence-corrected chi connectivity index (χ0v) is 17.5. The Balaban J connectivity index is 1.26. The predicted molar refractivity (Wildman–Crippen MR) is 125 cm³/mol. The molecular formula is C24H24N6O. The van der Waals surface area contributed by atoms with Crippen molar-refractivity contribution in [3.8, 4) is 5.75 Å². The zero-order chi connectivity index (χ0) is 21.2. The molecule has 7 nitrogen and oxygen atoms in total. The molecule has 0 bridgehead atoms. The van der Waals surface area contributed by atoms with Crippen LogP contribution in [-0.4, -0.2) is 33.6 Å². The number of fused-ring (bicyclic) bond motifs is 2. The van der Waals surface area contributed by atoms with Crippen LogP contribution < -0.4 is 15.4 Å². The largest absolute Gasteiger partial charge is 0.496 e. The van der Waals surface area contributed by atoms with Crippen molar-refractivity contribution in [2.45, 2.75) is 13.3 Å². The van der Waals surface area contributed by atoms with Crippen molar-refractivity contribution in [1.82, 2.24) is 19.9 Å². The Morgan fingerprint density at radius 2 is 2.00 bits per heavy atom. The van der Waals surface area contributed by atoms with E-state index in [-0.39, 0.29) is 0 Å². The minimum atomic E-state index is 0.593. The highest BCUT2D eigenvalue weighted by Gasteiger charge is 2.09. The zero-order valence-electron chi connectivity index (χ0n) is 17.5. The SMILES string of the molecule is COc1cccc2[nH]cc(CCNc3nccc(Nc4ccc5[nH]c(C)cc5c4)n3)c12. The van der Waals surface area contributed by atoms with Crippen molar-refractivity contribution in [3.63, 3.8) is 0 Å². The molecule has 0 aliphatic carbocycles. The van der Waals surface area contributed by atoms with Gasteiger partial charge in [-0.3, -0.25) is 0 Å². The van der Waals surface area contributed by atoms with Crippen molar-refractivity contribution in [1.29, 1.82) is 0 Å². The molecule has 3 heterocycles. The molecule has 3 aromatic heterocycles. The van der Waals surface area contributed by atoms with E-state index in [1.165, 1.54) is 10.9 Å². The van der Waals surface area contributed by atoms with Gasteiger partial charge < -0.3 is 25.3 Å². The van der Waals surface area contributed by atoms with Crippen molar-refractivity contribution < 1.29 is 4.74 Å². The third kappa shape index (κ3) is 3.90. The van der Waals surface area contributed by atoms with Crippen LogP contribution in [0.15, 0.2) is 60.9 Å². The summed E-state index contributed by atoms with van der Waals surface area (Å²) in [7, 11) is 1.70. The second-order valence-electron chi connectivity index (χ2n) is 7.52. The van der Waals surface area contributed by atoms with Crippen molar-refractivity contribution in [2.24, 2.45) is 0 Å². The number of nitrogens with one attached hydrogen (secondary N) is 4. The lowest BCUT2D eigenvalue weighted by atomic mass is 10.1. The summed E-state index contributed by atoms with van der Waals surface area (Å²) < 4.78 is 5.52. The van der Waals surface area contributed by atoms with Crippen LogP contribution in [0.4, 0.5) is 17.5 Å². The van der Waals surface area contributed by atoms with Crippen molar-refractivity contribution >= 4 is 39.3 Å². The van der Waals surface area contributed by atoms with Gasteiger partial charge in [0.05, 0.1) is 7.11 Å². The molecule has 0 aliphatic rings. The molecule has 0 amide bonds. The molecule has 0 aliphatic heterocycles.